The number of aromatic nitrogens is 4. The van der Waals surface area contributed by atoms with E-state index in [1.165, 1.54) is 159 Å². The minimum absolute atomic E-state index is 0.0422. The van der Waals surface area contributed by atoms with E-state index in [1.807, 2.05) is 0 Å². The third-order valence-electron chi connectivity index (χ3n) is 19.8. The van der Waals surface area contributed by atoms with Gasteiger partial charge in [-0.2, -0.15) is 0 Å². The molecular formula is C81H59N5. The molecule has 0 fully saturated rings. The van der Waals surface area contributed by atoms with Gasteiger partial charge in [-0.05, 0) is 145 Å². The second kappa shape index (κ2) is 16.8. The van der Waals surface area contributed by atoms with Gasteiger partial charge in [0.05, 0.1) is 56.2 Å². The predicted molar refractivity (Wildman–Crippen MR) is 363 cm³/mol. The van der Waals surface area contributed by atoms with Gasteiger partial charge in [0, 0.05) is 77.1 Å². The average Bonchev–Trinajstić information content (AvgIpc) is 1.52. The Bertz CT molecular complexity index is 5730. The molecule has 5 nitrogen and oxygen atoms in total. The molecule has 0 bridgehead atoms. The summed E-state index contributed by atoms with van der Waals surface area (Å²) in [5, 5.41) is 14.9. The summed E-state index contributed by atoms with van der Waals surface area (Å²) in [6.45, 7) is 14.2. The van der Waals surface area contributed by atoms with Crippen LogP contribution in [0.15, 0.2) is 242 Å². The van der Waals surface area contributed by atoms with Gasteiger partial charge in [-0.25, -0.2) is 4.98 Å². The molecule has 0 spiro atoms. The van der Waals surface area contributed by atoms with Crippen molar-refractivity contribution in [1.82, 2.24) is 18.5 Å². The number of hydrogen-bond acceptors (Lipinski definition) is 2. The monoisotopic (exact) mass is 1100 g/mol. The van der Waals surface area contributed by atoms with Crippen molar-refractivity contribution in [3.8, 4) is 33.6 Å². The summed E-state index contributed by atoms with van der Waals surface area (Å²) in [5.74, 6) is 0.115. The summed E-state index contributed by atoms with van der Waals surface area (Å²) in [6.07, 6.45) is 5.15. The highest BCUT2D eigenvalue weighted by Crippen LogP contribution is 2.63. The summed E-state index contributed by atoms with van der Waals surface area (Å²) in [6, 6.07) is 84.5. The van der Waals surface area contributed by atoms with Crippen LogP contribution in [-0.2, 0) is 5.41 Å². The van der Waals surface area contributed by atoms with Crippen molar-refractivity contribution >= 4 is 120 Å². The Kier molecular flexibility index (Phi) is 9.39. The Balaban J connectivity index is 0.911. The molecule has 86 heavy (non-hydrogen) atoms. The zero-order valence-corrected chi connectivity index (χ0v) is 48.9. The summed E-state index contributed by atoms with van der Waals surface area (Å²) >= 11 is 0. The Labute approximate surface area is 497 Å². The van der Waals surface area contributed by atoms with E-state index in [0.29, 0.717) is 0 Å². The maximum Gasteiger partial charge on any atom is 0.146 e. The summed E-state index contributed by atoms with van der Waals surface area (Å²) in [4.78, 5) is 8.94. The lowest BCUT2D eigenvalue weighted by Gasteiger charge is -2.30. The fraction of sp³-hybridized carbons (Fsp3) is 0.123. The largest absolute Gasteiger partial charge is 0.330 e. The SMILES string of the molecule is CC(C)(C)C1=CC2c3cc(C(C)(C)C)cc(-c4ccc5c(c4)c4ccccc4n5-c4ccccc4)c3N3c4cc5c6cc7ccccc7c7c8c9ccccc9cc(-c9ccc%10c(c9)c9ccccc9n%10-c9ccccc9)c8n(c5nc4C(=C1)C23)c67. The minimum atomic E-state index is -0.100. The van der Waals surface area contributed by atoms with Gasteiger partial charge >= 0.3 is 0 Å². The molecule has 1 aliphatic carbocycles. The van der Waals surface area contributed by atoms with Crippen LogP contribution >= 0.6 is 0 Å². The average molecular weight is 1100 g/mol. The zero-order valence-electron chi connectivity index (χ0n) is 48.9. The zero-order chi connectivity index (χ0) is 57.2. The quantitative estimate of drug-likeness (QED) is 0.176. The van der Waals surface area contributed by atoms with E-state index < -0.39 is 0 Å². The van der Waals surface area contributed by atoms with Crippen molar-refractivity contribution < 1.29 is 0 Å². The molecule has 2 atom stereocenters. The van der Waals surface area contributed by atoms with Crippen LogP contribution in [0.1, 0.15) is 64.3 Å². The second-order valence-electron chi connectivity index (χ2n) is 26.7. The third kappa shape index (κ3) is 6.36. The van der Waals surface area contributed by atoms with E-state index in [2.05, 4.69) is 297 Å². The molecule has 5 heteroatoms. The highest BCUT2D eigenvalue weighted by Gasteiger charge is 2.51. The van der Waals surface area contributed by atoms with Crippen molar-refractivity contribution in [2.24, 2.45) is 5.41 Å². The lowest BCUT2D eigenvalue weighted by atomic mass is 9.74. The van der Waals surface area contributed by atoms with Crippen molar-refractivity contribution in [3.05, 3.63) is 259 Å². The van der Waals surface area contributed by atoms with Crippen LogP contribution in [0.25, 0.3) is 143 Å². The first-order valence-corrected chi connectivity index (χ1v) is 30.5. The number of hydrogen-bond donors (Lipinski definition) is 0. The molecule has 0 radical (unpaired) electrons. The van der Waals surface area contributed by atoms with Crippen LogP contribution in [0.4, 0.5) is 11.4 Å². The highest BCUT2D eigenvalue weighted by atomic mass is 15.2. The Morgan fingerprint density at radius 3 is 1.56 bits per heavy atom. The third-order valence-corrected chi connectivity index (χ3v) is 19.8. The predicted octanol–water partition coefficient (Wildman–Crippen LogP) is 21.4. The first kappa shape index (κ1) is 48.2. The van der Waals surface area contributed by atoms with Gasteiger partial charge in [0.15, 0.2) is 0 Å². The first-order chi connectivity index (χ1) is 41.9. The molecule has 3 aliphatic rings. The number of anilines is 2. The molecule has 0 saturated heterocycles. The molecule has 19 rings (SSSR count). The molecule has 5 aromatic heterocycles. The molecule has 7 heterocycles. The number of rotatable bonds is 4. The molecule has 408 valence electrons. The van der Waals surface area contributed by atoms with Gasteiger partial charge in [0.2, 0.25) is 0 Å². The van der Waals surface area contributed by atoms with Crippen LogP contribution < -0.4 is 4.90 Å². The number of benzene rings is 11. The number of fused-ring (bicyclic) bond motifs is 22. The Morgan fingerprint density at radius 2 is 0.953 bits per heavy atom. The highest BCUT2D eigenvalue weighted by molar-refractivity contribution is 6.37. The van der Waals surface area contributed by atoms with Crippen LogP contribution in [0.5, 0.6) is 0 Å². The van der Waals surface area contributed by atoms with Gasteiger partial charge < -0.3 is 14.0 Å². The van der Waals surface area contributed by atoms with Gasteiger partial charge in [-0.1, -0.05) is 193 Å². The number of allylic oxidation sites excluding steroid dienone is 2. The van der Waals surface area contributed by atoms with Crippen LogP contribution in [0.2, 0.25) is 0 Å². The van der Waals surface area contributed by atoms with E-state index in [9.17, 15) is 0 Å². The molecule has 0 amide bonds. The molecule has 0 saturated carbocycles. The van der Waals surface area contributed by atoms with E-state index in [0.717, 1.165) is 17.0 Å². The fourth-order valence-electron chi connectivity index (χ4n) is 15.9. The number of para-hydroxylation sites is 4. The van der Waals surface area contributed by atoms with Gasteiger partial charge in [0.1, 0.15) is 5.65 Å². The smallest absolute Gasteiger partial charge is 0.146 e. The molecular weight excluding hydrogens is 1040 g/mol. The van der Waals surface area contributed by atoms with Crippen LogP contribution in [0.3, 0.4) is 0 Å². The topological polar surface area (TPSA) is 30.4 Å². The van der Waals surface area contributed by atoms with E-state index in [1.54, 1.807) is 0 Å². The molecule has 2 aliphatic heterocycles. The first-order valence-electron chi connectivity index (χ1n) is 30.5. The van der Waals surface area contributed by atoms with Gasteiger partial charge in [0.25, 0.3) is 0 Å². The summed E-state index contributed by atoms with van der Waals surface area (Å²) < 4.78 is 7.43. The minimum Gasteiger partial charge on any atom is -0.330 e. The van der Waals surface area contributed by atoms with Crippen molar-refractivity contribution in [3.63, 3.8) is 0 Å². The van der Waals surface area contributed by atoms with Crippen LogP contribution in [0, 0.1) is 5.41 Å². The molecule has 0 N–H and O–H groups in total. The summed E-state index contributed by atoms with van der Waals surface area (Å²) in [7, 11) is 0. The molecule has 2 unspecified atom stereocenters. The maximum absolute atomic E-state index is 6.21. The normalized spacial score (nSPS) is 15.9. The maximum atomic E-state index is 6.21. The molecule has 16 aromatic rings. The van der Waals surface area contributed by atoms with Crippen LogP contribution in [-0.4, -0.2) is 24.6 Å². The lowest BCUT2D eigenvalue weighted by molar-refractivity contribution is 0.509. The van der Waals surface area contributed by atoms with E-state index in [4.69, 9.17) is 4.98 Å². The van der Waals surface area contributed by atoms with E-state index >= 15 is 0 Å². The standard InChI is InChI=1S/C81H59N5/c1-80(2,3)50-41-59(49-34-36-70-61(39-49)57-30-18-20-32-68(57)84(70)53-25-11-8-12-26-53)75-63(42-50)64-43-51(81(4,5)6)44-66-74-71(85(75)76(64)66)45-65-62-40-47-22-14-16-28-55(47)73-72-54-27-15-13-21-46(54)37-58(77(72)86(78(62)73)79(65)82-74)48-33-35-69-60(38-48)56-29-17-19-31-67(56)83(69)52-23-9-7-10-24-52/h7-45,64,76H,1-6H3. The Morgan fingerprint density at radius 1 is 0.419 bits per heavy atom. The van der Waals surface area contributed by atoms with Gasteiger partial charge in [-0.15, -0.1) is 0 Å². The molecule has 11 aromatic carbocycles. The lowest BCUT2D eigenvalue weighted by Crippen LogP contribution is -2.28. The van der Waals surface area contributed by atoms with E-state index in [-0.39, 0.29) is 22.8 Å². The van der Waals surface area contributed by atoms with Crippen molar-refractivity contribution in [1.29, 1.82) is 0 Å². The van der Waals surface area contributed by atoms with Gasteiger partial charge in [-0.3, -0.25) is 4.40 Å². The second-order valence-corrected chi connectivity index (χ2v) is 26.7. The summed E-state index contributed by atoms with van der Waals surface area (Å²) in [5.41, 5.74) is 24.2. The Hall–Kier alpha value is -10.2. The fourth-order valence-corrected chi connectivity index (χ4v) is 15.9. The van der Waals surface area contributed by atoms with Crippen molar-refractivity contribution in [2.45, 2.75) is 58.9 Å². The van der Waals surface area contributed by atoms with Crippen molar-refractivity contribution in [2.75, 3.05) is 4.90 Å². The number of nitrogens with zero attached hydrogens (tertiary/aromatic N) is 5. The number of pyridine rings is 1.